The second-order valence-electron chi connectivity index (χ2n) is 9.02. The molecule has 34 heavy (non-hydrogen) atoms. The zero-order valence-electron chi connectivity index (χ0n) is 19.0. The van der Waals surface area contributed by atoms with Gasteiger partial charge in [0.1, 0.15) is 6.23 Å². The summed E-state index contributed by atoms with van der Waals surface area (Å²) in [5, 5.41) is 13.2. The summed E-state index contributed by atoms with van der Waals surface area (Å²) in [5.74, 6) is 0. The van der Waals surface area contributed by atoms with E-state index in [0.717, 1.165) is 12.0 Å². The fourth-order valence-corrected chi connectivity index (χ4v) is 4.45. The van der Waals surface area contributed by atoms with Crippen molar-refractivity contribution in [2.24, 2.45) is 0 Å². The summed E-state index contributed by atoms with van der Waals surface area (Å²) in [6, 6.07) is 11.0. The first kappa shape index (κ1) is 26.5. The van der Waals surface area contributed by atoms with Gasteiger partial charge in [0.05, 0.1) is 23.8 Å². The summed E-state index contributed by atoms with van der Waals surface area (Å²) >= 11 is 0. The molecule has 2 N–H and O–H groups in total. The normalized spacial score (nSPS) is 22.8. The van der Waals surface area contributed by atoms with Crippen molar-refractivity contribution in [3.8, 4) is 0 Å². The Bertz CT molecular complexity index is 906. The van der Waals surface area contributed by atoms with Gasteiger partial charge < -0.3 is 9.84 Å². The van der Waals surface area contributed by atoms with E-state index in [0.29, 0.717) is 31.4 Å². The average molecular weight is 490 g/mol. The molecule has 2 atom stereocenters. The third-order valence-electron chi connectivity index (χ3n) is 6.34. The Morgan fingerprint density at radius 3 is 2.06 bits per heavy atom. The van der Waals surface area contributed by atoms with Gasteiger partial charge in [-0.1, -0.05) is 43.7 Å². The molecule has 0 spiro atoms. The highest BCUT2D eigenvalue weighted by molar-refractivity contribution is 5.35. The van der Waals surface area contributed by atoms with Crippen LogP contribution in [0.15, 0.2) is 48.5 Å². The largest absolute Gasteiger partial charge is 0.416 e. The predicted octanol–water partition coefficient (Wildman–Crippen LogP) is 6.61. The Morgan fingerprint density at radius 2 is 1.56 bits per heavy atom. The number of hydrogen-bond acceptors (Lipinski definition) is 3. The van der Waals surface area contributed by atoms with Gasteiger partial charge in [-0.3, -0.25) is 5.32 Å². The van der Waals surface area contributed by atoms with E-state index >= 15 is 0 Å². The van der Waals surface area contributed by atoms with E-state index in [4.69, 9.17) is 4.74 Å². The summed E-state index contributed by atoms with van der Waals surface area (Å²) < 4.78 is 85.3. The Kier molecular flexibility index (Phi) is 7.99. The van der Waals surface area contributed by atoms with E-state index in [1.54, 1.807) is 0 Å². The molecule has 0 heterocycles. The maximum atomic E-state index is 13.2. The van der Waals surface area contributed by atoms with Crippen LogP contribution in [0, 0.1) is 0 Å². The van der Waals surface area contributed by atoms with E-state index < -0.39 is 41.2 Å². The van der Waals surface area contributed by atoms with Crippen molar-refractivity contribution in [2.75, 3.05) is 6.61 Å². The van der Waals surface area contributed by atoms with Gasteiger partial charge in [-0.15, -0.1) is 0 Å². The van der Waals surface area contributed by atoms with E-state index in [1.165, 1.54) is 6.92 Å². The highest BCUT2D eigenvalue weighted by atomic mass is 19.4. The number of hydrogen-bond donors (Lipinski definition) is 2. The van der Waals surface area contributed by atoms with Crippen LogP contribution in [0.2, 0.25) is 0 Å². The third-order valence-corrected chi connectivity index (χ3v) is 6.34. The van der Waals surface area contributed by atoms with E-state index in [-0.39, 0.29) is 24.3 Å². The van der Waals surface area contributed by atoms with Crippen molar-refractivity contribution in [3.05, 3.63) is 70.8 Å². The van der Waals surface area contributed by atoms with E-state index in [2.05, 4.69) is 5.32 Å². The molecule has 0 amide bonds. The number of nitrogens with one attached hydrogen (secondary N) is 1. The summed E-state index contributed by atoms with van der Waals surface area (Å²) in [4.78, 5) is 0. The first-order valence-corrected chi connectivity index (χ1v) is 11.2. The lowest BCUT2D eigenvalue weighted by Gasteiger charge is -2.49. The lowest BCUT2D eigenvalue weighted by Crippen LogP contribution is -2.56. The summed E-state index contributed by atoms with van der Waals surface area (Å²) in [6.07, 6.45) is -8.75. The molecule has 0 bridgehead atoms. The third kappa shape index (κ3) is 6.31. The van der Waals surface area contributed by atoms with Gasteiger partial charge in [0.15, 0.2) is 0 Å². The minimum Gasteiger partial charge on any atom is -0.379 e. The maximum Gasteiger partial charge on any atom is 0.416 e. The number of aliphatic hydroxyl groups is 1. The Morgan fingerprint density at radius 1 is 1.00 bits per heavy atom. The number of halogens is 6. The highest BCUT2D eigenvalue weighted by Gasteiger charge is 2.46. The van der Waals surface area contributed by atoms with Crippen LogP contribution in [0.3, 0.4) is 0 Å². The van der Waals surface area contributed by atoms with Gasteiger partial charge in [-0.25, -0.2) is 0 Å². The fourth-order valence-electron chi connectivity index (χ4n) is 4.45. The zero-order chi connectivity index (χ0) is 25.1. The topological polar surface area (TPSA) is 41.5 Å². The zero-order valence-corrected chi connectivity index (χ0v) is 19.0. The number of aliphatic hydroxyl groups excluding tert-OH is 1. The summed E-state index contributed by atoms with van der Waals surface area (Å²) in [7, 11) is 0. The summed E-state index contributed by atoms with van der Waals surface area (Å²) in [5.41, 5.74) is -2.37. The molecule has 188 valence electrons. The Labute approximate surface area is 195 Å². The maximum absolute atomic E-state index is 13.2. The standard InChI is InChI=1S/C25H29F6NO2/c1-3-7-22(33)32-21-13-23(14-21,18-8-5-4-6-9-18)15-34-16(2)17-10-19(24(26,27)28)12-20(11-17)25(29,30)31/h4-6,8-12,16,21-22,32-33H,3,7,13-15H2,1-2H3. The number of alkyl halides is 6. The van der Waals surface area contributed by atoms with Crippen LogP contribution in [0.25, 0.3) is 0 Å². The number of ether oxygens (including phenoxy) is 1. The molecular formula is C25H29F6NO2. The average Bonchev–Trinajstić information content (AvgIpc) is 2.74. The molecule has 2 aromatic rings. The molecule has 1 fully saturated rings. The van der Waals surface area contributed by atoms with Crippen molar-refractivity contribution < 1.29 is 36.2 Å². The Balaban J connectivity index is 1.79. The van der Waals surface area contributed by atoms with Crippen LogP contribution in [-0.2, 0) is 22.5 Å². The second-order valence-corrected chi connectivity index (χ2v) is 9.02. The quantitative estimate of drug-likeness (QED) is 0.308. The smallest absolute Gasteiger partial charge is 0.379 e. The molecule has 2 aromatic carbocycles. The molecule has 1 aliphatic rings. The molecule has 0 aromatic heterocycles. The van der Waals surface area contributed by atoms with Crippen LogP contribution in [0.1, 0.15) is 67.9 Å². The van der Waals surface area contributed by atoms with Crippen LogP contribution in [0.5, 0.6) is 0 Å². The number of rotatable bonds is 9. The van der Waals surface area contributed by atoms with Gasteiger partial charge in [0.2, 0.25) is 0 Å². The minimum atomic E-state index is -4.91. The van der Waals surface area contributed by atoms with Gasteiger partial charge in [-0.2, -0.15) is 26.3 Å². The molecule has 3 nitrogen and oxygen atoms in total. The molecule has 0 radical (unpaired) electrons. The van der Waals surface area contributed by atoms with E-state index in [1.807, 2.05) is 37.3 Å². The van der Waals surface area contributed by atoms with Crippen molar-refractivity contribution in [1.29, 1.82) is 0 Å². The van der Waals surface area contributed by atoms with Crippen molar-refractivity contribution in [3.63, 3.8) is 0 Å². The molecule has 1 aliphatic carbocycles. The predicted molar refractivity (Wildman–Crippen MR) is 116 cm³/mol. The van der Waals surface area contributed by atoms with Crippen LogP contribution < -0.4 is 5.32 Å². The molecule has 1 saturated carbocycles. The van der Waals surface area contributed by atoms with Crippen molar-refractivity contribution in [1.82, 2.24) is 5.32 Å². The number of benzene rings is 2. The van der Waals surface area contributed by atoms with Crippen LogP contribution >= 0.6 is 0 Å². The van der Waals surface area contributed by atoms with Gasteiger partial charge in [0, 0.05) is 11.5 Å². The molecular weight excluding hydrogens is 460 g/mol. The molecule has 0 aliphatic heterocycles. The SMILES string of the molecule is CCCC(O)NC1CC(COC(C)c2cc(C(F)(F)F)cc(C(F)(F)F)c2)(c2ccccc2)C1. The van der Waals surface area contributed by atoms with Gasteiger partial charge in [-0.05, 0) is 55.5 Å². The molecule has 0 saturated heterocycles. The fraction of sp³-hybridized carbons (Fsp3) is 0.520. The van der Waals surface area contributed by atoms with Crippen molar-refractivity contribution in [2.45, 2.75) is 75.7 Å². The van der Waals surface area contributed by atoms with E-state index in [9.17, 15) is 31.4 Å². The second kappa shape index (κ2) is 10.3. The van der Waals surface area contributed by atoms with Gasteiger partial charge in [0.25, 0.3) is 0 Å². The van der Waals surface area contributed by atoms with Crippen LogP contribution in [-0.4, -0.2) is 24.0 Å². The lowest BCUT2D eigenvalue weighted by molar-refractivity contribution is -0.143. The summed E-state index contributed by atoms with van der Waals surface area (Å²) in [6.45, 7) is 3.54. The lowest BCUT2D eigenvalue weighted by atomic mass is 9.62. The van der Waals surface area contributed by atoms with Gasteiger partial charge >= 0.3 is 12.4 Å². The first-order valence-electron chi connectivity index (χ1n) is 11.2. The minimum absolute atomic E-state index is 0.0334. The van der Waals surface area contributed by atoms with Crippen molar-refractivity contribution >= 4 is 0 Å². The monoisotopic (exact) mass is 489 g/mol. The highest BCUT2D eigenvalue weighted by Crippen LogP contribution is 2.45. The molecule has 9 heteroatoms. The molecule has 3 rings (SSSR count). The Hall–Kier alpha value is -2.10. The van der Waals surface area contributed by atoms with Crippen LogP contribution in [0.4, 0.5) is 26.3 Å². The first-order chi connectivity index (χ1) is 15.8. The molecule has 2 unspecified atom stereocenters.